The molecule has 5 heteroatoms. The molecule has 1 heterocycles. The number of pyridine rings is 1. The highest BCUT2D eigenvalue weighted by molar-refractivity contribution is 9.10. The van der Waals surface area contributed by atoms with Gasteiger partial charge in [0.05, 0.1) is 12.3 Å². The fraction of sp³-hybridized carbons (Fsp3) is 0.267. The van der Waals surface area contributed by atoms with Crippen molar-refractivity contribution in [2.24, 2.45) is 0 Å². The van der Waals surface area contributed by atoms with Gasteiger partial charge in [-0.15, -0.1) is 0 Å². The molecule has 2 rings (SSSR count). The van der Waals surface area contributed by atoms with Gasteiger partial charge in [0.25, 0.3) is 0 Å². The normalized spacial score (nSPS) is 10.3. The van der Waals surface area contributed by atoms with Crippen LogP contribution in [0.2, 0.25) is 0 Å². The van der Waals surface area contributed by atoms with Gasteiger partial charge in [-0.2, -0.15) is 4.98 Å². The summed E-state index contributed by atoms with van der Waals surface area (Å²) in [6.07, 6.45) is 0.940. The standard InChI is InChI=1S/C15H18BrN3O/c1-3-10-9-11(16)5-7-13(10)18-14-8-6-12(17)15(19-14)20-4-2/h5-9H,3-4,17H2,1-2H3,(H,18,19). The Bertz CT molecular complexity index is 602. The Labute approximate surface area is 127 Å². The first-order valence-corrected chi connectivity index (χ1v) is 7.38. The maximum Gasteiger partial charge on any atom is 0.239 e. The molecule has 0 amide bonds. The Kier molecular flexibility index (Phi) is 4.84. The van der Waals surface area contributed by atoms with Crippen molar-refractivity contribution >= 4 is 33.1 Å². The molecule has 0 bridgehead atoms. The SMILES string of the molecule is CCOc1nc(Nc2ccc(Br)cc2CC)ccc1N. The van der Waals surface area contributed by atoms with E-state index in [1.807, 2.05) is 25.1 Å². The number of aryl methyl sites for hydroxylation is 1. The Morgan fingerprint density at radius 1 is 1.25 bits per heavy atom. The summed E-state index contributed by atoms with van der Waals surface area (Å²) >= 11 is 3.48. The highest BCUT2D eigenvalue weighted by Gasteiger charge is 2.06. The monoisotopic (exact) mass is 335 g/mol. The van der Waals surface area contributed by atoms with Crippen LogP contribution in [0.1, 0.15) is 19.4 Å². The number of halogens is 1. The van der Waals surface area contributed by atoms with E-state index in [1.165, 1.54) is 5.56 Å². The summed E-state index contributed by atoms with van der Waals surface area (Å²) in [5.74, 6) is 1.19. The van der Waals surface area contributed by atoms with Gasteiger partial charge in [0, 0.05) is 10.2 Å². The lowest BCUT2D eigenvalue weighted by Gasteiger charge is -2.12. The van der Waals surface area contributed by atoms with Crippen LogP contribution in [0.5, 0.6) is 5.88 Å². The Morgan fingerprint density at radius 3 is 2.75 bits per heavy atom. The predicted molar refractivity (Wildman–Crippen MR) is 86.6 cm³/mol. The van der Waals surface area contributed by atoms with Crippen molar-refractivity contribution in [3.63, 3.8) is 0 Å². The zero-order chi connectivity index (χ0) is 14.5. The molecule has 0 aliphatic heterocycles. The van der Waals surface area contributed by atoms with Gasteiger partial charge in [-0.3, -0.25) is 0 Å². The van der Waals surface area contributed by atoms with E-state index in [1.54, 1.807) is 6.07 Å². The van der Waals surface area contributed by atoms with Gasteiger partial charge < -0.3 is 15.8 Å². The third kappa shape index (κ3) is 3.42. The first kappa shape index (κ1) is 14.7. The Hall–Kier alpha value is -1.75. The summed E-state index contributed by atoms with van der Waals surface area (Å²) in [7, 11) is 0. The zero-order valence-electron chi connectivity index (χ0n) is 11.6. The second-order valence-corrected chi connectivity index (χ2v) is 5.22. The molecule has 1 aromatic carbocycles. The minimum Gasteiger partial charge on any atom is -0.476 e. The van der Waals surface area contributed by atoms with Gasteiger partial charge in [-0.1, -0.05) is 22.9 Å². The Morgan fingerprint density at radius 2 is 2.05 bits per heavy atom. The summed E-state index contributed by atoms with van der Waals surface area (Å²) in [6.45, 7) is 4.57. The summed E-state index contributed by atoms with van der Waals surface area (Å²) in [4.78, 5) is 4.39. The number of nitrogen functional groups attached to an aromatic ring is 1. The highest BCUT2D eigenvalue weighted by atomic mass is 79.9. The fourth-order valence-electron chi connectivity index (χ4n) is 1.89. The molecule has 106 valence electrons. The van der Waals surface area contributed by atoms with Crippen molar-refractivity contribution in [2.75, 3.05) is 17.7 Å². The molecule has 0 spiro atoms. The van der Waals surface area contributed by atoms with Crippen LogP contribution in [-0.4, -0.2) is 11.6 Å². The van der Waals surface area contributed by atoms with E-state index < -0.39 is 0 Å². The average Bonchev–Trinajstić information content (AvgIpc) is 2.44. The van der Waals surface area contributed by atoms with Crippen molar-refractivity contribution < 1.29 is 4.74 Å². The number of anilines is 3. The van der Waals surface area contributed by atoms with Crippen LogP contribution in [0.3, 0.4) is 0 Å². The molecule has 0 aliphatic carbocycles. The van der Waals surface area contributed by atoms with Crippen molar-refractivity contribution in [2.45, 2.75) is 20.3 Å². The number of rotatable bonds is 5. The summed E-state index contributed by atoms with van der Waals surface area (Å²) < 4.78 is 6.48. The van der Waals surface area contributed by atoms with E-state index in [2.05, 4.69) is 39.2 Å². The lowest BCUT2D eigenvalue weighted by molar-refractivity contribution is 0.329. The van der Waals surface area contributed by atoms with Crippen molar-refractivity contribution in [1.82, 2.24) is 4.98 Å². The smallest absolute Gasteiger partial charge is 0.239 e. The maximum atomic E-state index is 5.82. The molecule has 1 aromatic heterocycles. The van der Waals surface area contributed by atoms with Crippen LogP contribution in [0, 0.1) is 0 Å². The largest absolute Gasteiger partial charge is 0.476 e. The lowest BCUT2D eigenvalue weighted by atomic mass is 10.1. The number of nitrogens with two attached hydrogens (primary N) is 1. The fourth-order valence-corrected chi connectivity index (χ4v) is 2.30. The minimum absolute atomic E-state index is 0.465. The highest BCUT2D eigenvalue weighted by Crippen LogP contribution is 2.27. The zero-order valence-corrected chi connectivity index (χ0v) is 13.2. The number of hydrogen-bond donors (Lipinski definition) is 2. The number of ether oxygens (including phenoxy) is 1. The van der Waals surface area contributed by atoms with Crippen LogP contribution in [0.25, 0.3) is 0 Å². The molecule has 0 unspecified atom stereocenters. The van der Waals surface area contributed by atoms with Gasteiger partial charge in [-0.05, 0) is 49.2 Å². The molecule has 0 atom stereocenters. The van der Waals surface area contributed by atoms with Crippen LogP contribution >= 0.6 is 15.9 Å². The van der Waals surface area contributed by atoms with Crippen LogP contribution < -0.4 is 15.8 Å². The number of nitrogens with zero attached hydrogens (tertiary/aromatic N) is 1. The summed E-state index contributed by atoms with van der Waals surface area (Å²) in [5.41, 5.74) is 8.62. The summed E-state index contributed by atoms with van der Waals surface area (Å²) in [5, 5.41) is 3.31. The van der Waals surface area contributed by atoms with Crippen LogP contribution in [-0.2, 0) is 6.42 Å². The van der Waals surface area contributed by atoms with E-state index >= 15 is 0 Å². The number of hydrogen-bond acceptors (Lipinski definition) is 4. The van der Waals surface area contributed by atoms with Crippen molar-refractivity contribution in [1.29, 1.82) is 0 Å². The van der Waals surface area contributed by atoms with Gasteiger partial charge in [0.2, 0.25) is 5.88 Å². The second kappa shape index (κ2) is 6.61. The van der Waals surface area contributed by atoms with E-state index in [-0.39, 0.29) is 0 Å². The van der Waals surface area contributed by atoms with Crippen molar-refractivity contribution in [3.05, 3.63) is 40.4 Å². The van der Waals surface area contributed by atoms with E-state index in [9.17, 15) is 0 Å². The topological polar surface area (TPSA) is 60.2 Å². The predicted octanol–water partition coefficient (Wildman–Crippen LogP) is 4.13. The van der Waals surface area contributed by atoms with E-state index in [4.69, 9.17) is 10.5 Å². The molecule has 0 aliphatic rings. The second-order valence-electron chi connectivity index (χ2n) is 4.30. The van der Waals surface area contributed by atoms with Gasteiger partial charge in [0.1, 0.15) is 5.82 Å². The number of aromatic nitrogens is 1. The maximum absolute atomic E-state index is 5.82. The lowest BCUT2D eigenvalue weighted by Crippen LogP contribution is -2.03. The molecule has 0 fully saturated rings. The quantitative estimate of drug-likeness (QED) is 0.862. The molecular weight excluding hydrogens is 318 g/mol. The van der Waals surface area contributed by atoms with Crippen molar-refractivity contribution in [3.8, 4) is 5.88 Å². The van der Waals surface area contributed by atoms with Gasteiger partial charge in [0.15, 0.2) is 0 Å². The summed E-state index contributed by atoms with van der Waals surface area (Å²) in [6, 6.07) is 9.77. The third-order valence-corrected chi connectivity index (χ3v) is 3.37. The van der Waals surface area contributed by atoms with Gasteiger partial charge >= 0.3 is 0 Å². The number of benzene rings is 1. The molecular formula is C15H18BrN3O. The van der Waals surface area contributed by atoms with E-state index in [0.717, 1.165) is 22.4 Å². The molecule has 3 N–H and O–H groups in total. The average molecular weight is 336 g/mol. The molecule has 0 saturated carbocycles. The molecule has 4 nitrogen and oxygen atoms in total. The van der Waals surface area contributed by atoms with Gasteiger partial charge in [-0.25, -0.2) is 0 Å². The minimum atomic E-state index is 0.465. The first-order valence-electron chi connectivity index (χ1n) is 6.58. The number of nitrogens with one attached hydrogen (secondary N) is 1. The molecule has 2 aromatic rings. The Balaban J connectivity index is 2.28. The van der Waals surface area contributed by atoms with E-state index in [0.29, 0.717) is 18.2 Å². The third-order valence-electron chi connectivity index (χ3n) is 2.88. The molecule has 0 saturated heterocycles. The first-order chi connectivity index (χ1) is 9.63. The van der Waals surface area contributed by atoms with Crippen LogP contribution in [0.4, 0.5) is 17.2 Å². The van der Waals surface area contributed by atoms with Crippen LogP contribution in [0.15, 0.2) is 34.8 Å². The molecule has 20 heavy (non-hydrogen) atoms. The molecule has 0 radical (unpaired) electrons.